The molecule has 0 unspecified atom stereocenters. The lowest BCUT2D eigenvalue weighted by Crippen LogP contribution is -2.59. The Balaban J connectivity index is 0.000000182. The van der Waals surface area contributed by atoms with Crippen LogP contribution in [-0.2, 0) is 48.7 Å². The van der Waals surface area contributed by atoms with E-state index in [1.165, 1.54) is 24.5 Å². The first-order chi connectivity index (χ1) is 42.1. The van der Waals surface area contributed by atoms with Crippen molar-refractivity contribution in [2.75, 3.05) is 21.7 Å². The molecule has 6 fully saturated rings. The molecule has 26 heteroatoms. The van der Waals surface area contributed by atoms with Crippen LogP contribution in [0, 0.1) is 23.5 Å². The molecular formula is C62H60Cl4F2N6O12S2. The summed E-state index contributed by atoms with van der Waals surface area (Å²) in [6.07, 6.45) is 1.61. The molecule has 4 aliphatic carbocycles. The molecule has 0 radical (unpaired) electrons. The molecule has 2 aromatic heterocycles. The zero-order valence-electron chi connectivity index (χ0n) is 46.9. The Kier molecular flexibility index (Phi) is 18.7. The molecular weight excluding hydrogens is 1260 g/mol. The van der Waals surface area contributed by atoms with Crippen LogP contribution in [0.3, 0.4) is 0 Å². The number of pyridine rings is 2. The van der Waals surface area contributed by atoms with Crippen LogP contribution in [0.5, 0.6) is 0 Å². The van der Waals surface area contributed by atoms with Gasteiger partial charge in [0, 0.05) is 32.5 Å². The fourth-order valence-electron chi connectivity index (χ4n) is 11.8. The lowest BCUT2D eigenvalue weighted by atomic mass is 9.89. The number of amides is 2. The lowest BCUT2D eigenvalue weighted by Gasteiger charge is -2.49. The fraction of sp³-hybridized carbons (Fsp3) is 0.387. The topological polar surface area (TPSA) is 234 Å². The van der Waals surface area contributed by atoms with Gasteiger partial charge in [0.2, 0.25) is 20.0 Å². The van der Waals surface area contributed by atoms with Gasteiger partial charge in [-0.15, -0.1) is 0 Å². The van der Waals surface area contributed by atoms with Crippen LogP contribution in [0.1, 0.15) is 111 Å². The lowest BCUT2D eigenvalue weighted by molar-refractivity contribution is -0.183. The number of nitrogens with zero attached hydrogens (tertiary/aromatic N) is 6. The molecule has 4 heterocycles. The Morgan fingerprint density at radius 3 is 1.19 bits per heavy atom. The molecule has 0 spiro atoms. The Bertz CT molecular complexity index is 3580. The van der Waals surface area contributed by atoms with Crippen LogP contribution >= 0.6 is 46.4 Å². The largest absolute Gasteiger partial charge is 0.481 e. The van der Waals surface area contributed by atoms with Crippen molar-refractivity contribution in [2.24, 2.45) is 11.8 Å². The number of aromatic nitrogens is 2. The minimum atomic E-state index is -4.02. The van der Waals surface area contributed by atoms with Gasteiger partial charge in [0.25, 0.3) is 11.8 Å². The fourth-order valence-corrected chi connectivity index (χ4v) is 16.1. The molecule has 0 bridgehead atoms. The summed E-state index contributed by atoms with van der Waals surface area (Å²) in [5, 5.41) is 19.9. The Morgan fingerprint density at radius 2 is 0.886 bits per heavy atom. The maximum absolute atomic E-state index is 15.2. The first-order valence-corrected chi connectivity index (χ1v) is 33.3. The number of morpholine rings is 2. The molecule has 464 valence electrons. The first-order valence-electron chi connectivity index (χ1n) is 28.7. The summed E-state index contributed by atoms with van der Waals surface area (Å²) in [6.45, 7) is -0.509. The molecule has 12 rings (SSSR count). The number of carbonyl (C=O) groups is 4. The van der Waals surface area contributed by atoms with Crippen LogP contribution in [0.15, 0.2) is 134 Å². The van der Waals surface area contributed by atoms with Gasteiger partial charge in [-0.2, -0.15) is 0 Å². The number of halogens is 6. The zero-order chi connectivity index (χ0) is 62.3. The van der Waals surface area contributed by atoms with E-state index in [1.807, 2.05) is 0 Å². The summed E-state index contributed by atoms with van der Waals surface area (Å²) < 4.78 is 100. The molecule has 4 aromatic carbocycles. The zero-order valence-corrected chi connectivity index (χ0v) is 51.5. The minimum Gasteiger partial charge on any atom is -0.481 e. The van der Waals surface area contributed by atoms with Crippen molar-refractivity contribution in [2.45, 2.75) is 123 Å². The van der Waals surface area contributed by atoms with Crippen molar-refractivity contribution in [3.8, 4) is 0 Å². The molecule has 18 nitrogen and oxygen atoms in total. The molecule has 8 atom stereocenters. The van der Waals surface area contributed by atoms with Crippen molar-refractivity contribution >= 4 is 102 Å². The average Bonchev–Trinajstić information content (AvgIpc) is 1.80. The summed E-state index contributed by atoms with van der Waals surface area (Å²) in [5.74, 6) is -6.14. The number of hydrogen-bond donors (Lipinski definition) is 2. The molecule has 4 saturated carbocycles. The van der Waals surface area contributed by atoms with Gasteiger partial charge in [0.05, 0.1) is 60.6 Å². The van der Waals surface area contributed by atoms with E-state index in [1.54, 1.807) is 107 Å². The number of carboxylic acid groups (broad SMARTS) is 2. The second-order valence-electron chi connectivity index (χ2n) is 22.9. The SMILES string of the molecule is O=C(O)C[C@@H]1O[C@H](c2cccc(Cl)c2)[C@@H](c2ccc(Cl)cc2)N([C@H](CN(c2ncccc2F)S(=O)(=O)C2CC2)C2CC2)C1=O.O=C(O)C[C@H]1O[C@H](c2cccc(Cl)c2)[C@@H](c2ccc(Cl)cc2)N([C@H](CN(c2ncccc2F)S(=O)(=O)C2CC2)C2CC2)C1=O. The van der Waals surface area contributed by atoms with Crippen molar-refractivity contribution in [1.29, 1.82) is 0 Å². The van der Waals surface area contributed by atoms with Crippen molar-refractivity contribution in [1.82, 2.24) is 19.8 Å². The number of rotatable bonds is 22. The molecule has 6 aliphatic rings. The van der Waals surface area contributed by atoms with E-state index in [0.29, 0.717) is 93.7 Å². The van der Waals surface area contributed by atoms with Crippen LogP contribution in [0.4, 0.5) is 20.4 Å². The Hall–Kier alpha value is -6.50. The smallest absolute Gasteiger partial charge is 0.306 e. The number of anilines is 2. The number of carboxylic acids is 2. The average molecular weight is 1330 g/mol. The highest BCUT2D eigenvalue weighted by Gasteiger charge is 2.55. The second kappa shape index (κ2) is 26.1. The van der Waals surface area contributed by atoms with E-state index in [9.17, 15) is 46.2 Å². The summed E-state index contributed by atoms with van der Waals surface area (Å²) in [7, 11) is -8.04. The van der Waals surface area contributed by atoms with Gasteiger partial charge in [-0.3, -0.25) is 19.2 Å². The quantitative estimate of drug-likeness (QED) is 0.0643. The van der Waals surface area contributed by atoms with E-state index < -0.39 is 127 Å². The third kappa shape index (κ3) is 13.9. The van der Waals surface area contributed by atoms with Gasteiger partial charge < -0.3 is 29.5 Å². The first kappa shape index (κ1) is 63.1. The highest BCUT2D eigenvalue weighted by Crippen LogP contribution is 2.51. The number of ether oxygens (including phenoxy) is 2. The van der Waals surface area contributed by atoms with Gasteiger partial charge in [-0.1, -0.05) is 94.9 Å². The molecule has 6 aromatic rings. The van der Waals surface area contributed by atoms with Crippen LogP contribution in [0.2, 0.25) is 20.1 Å². The third-order valence-corrected chi connectivity index (χ3v) is 22.0. The number of hydrogen-bond acceptors (Lipinski definition) is 12. The molecule has 2 amide bonds. The summed E-state index contributed by atoms with van der Waals surface area (Å²) in [4.78, 5) is 63.8. The molecule has 88 heavy (non-hydrogen) atoms. The normalized spacial score (nSPS) is 22.9. The van der Waals surface area contributed by atoms with Gasteiger partial charge in [0.1, 0.15) is 24.4 Å². The van der Waals surface area contributed by atoms with Crippen LogP contribution in [-0.4, -0.2) is 118 Å². The molecule has 2 saturated heterocycles. The van der Waals surface area contributed by atoms with Gasteiger partial charge in [-0.25, -0.2) is 44.2 Å². The maximum Gasteiger partial charge on any atom is 0.306 e. The number of benzene rings is 4. The predicted octanol–water partition coefficient (Wildman–Crippen LogP) is 11.6. The second-order valence-corrected chi connectivity index (χ2v) is 28.9. The predicted molar refractivity (Wildman–Crippen MR) is 325 cm³/mol. The van der Waals surface area contributed by atoms with E-state index >= 15 is 8.78 Å². The summed E-state index contributed by atoms with van der Waals surface area (Å²) >= 11 is 25.2. The number of carbonyl (C=O) groups excluding carboxylic acids is 2. The number of sulfonamides is 2. The van der Waals surface area contributed by atoms with E-state index in [0.717, 1.165) is 20.7 Å². The van der Waals surface area contributed by atoms with Gasteiger partial charge in [-0.05, 0) is 158 Å². The van der Waals surface area contributed by atoms with Crippen molar-refractivity contribution < 1.29 is 64.5 Å². The van der Waals surface area contributed by atoms with E-state index in [-0.39, 0.29) is 36.6 Å². The maximum atomic E-state index is 15.2. The van der Waals surface area contributed by atoms with Crippen LogP contribution in [0.25, 0.3) is 0 Å². The van der Waals surface area contributed by atoms with E-state index in [4.69, 9.17) is 55.9 Å². The van der Waals surface area contributed by atoms with Gasteiger partial charge in [0.15, 0.2) is 23.3 Å². The molecule has 2 N–H and O–H groups in total. The Morgan fingerprint density at radius 1 is 0.523 bits per heavy atom. The minimum absolute atomic E-state index is 0.124. The number of aliphatic carboxylic acids is 2. The Labute approximate surface area is 527 Å². The highest BCUT2D eigenvalue weighted by atomic mass is 35.5. The van der Waals surface area contributed by atoms with Crippen molar-refractivity contribution in [3.05, 3.63) is 188 Å². The summed E-state index contributed by atoms with van der Waals surface area (Å²) in [6, 6.07) is 29.5. The van der Waals surface area contributed by atoms with E-state index in [2.05, 4.69) is 9.97 Å². The molecule has 2 aliphatic heterocycles. The monoisotopic (exact) mass is 1320 g/mol. The van der Waals surface area contributed by atoms with Crippen molar-refractivity contribution in [3.63, 3.8) is 0 Å². The van der Waals surface area contributed by atoms with Crippen LogP contribution < -0.4 is 8.61 Å². The standard InChI is InChI=1S/2C31H30Cl2FN3O6S/c2*32-21-10-8-19(9-11-21)28-29(20-3-1-4-22(33)15-20)43-26(16-27(38)39)31(40)37(28)25(18-6-7-18)17-36(44(41,42)23-12-13-23)30-24(34)5-2-14-35-30/h2*1-5,8-11,14-15,18,23,25-26,28-29H,6-7,12-13,16-17H2,(H,38,39)/t25-,26+,28-,29-;25-,26-,28-,29-/m11/s1. The summed E-state index contributed by atoms with van der Waals surface area (Å²) in [5.41, 5.74) is 2.51. The highest BCUT2D eigenvalue weighted by molar-refractivity contribution is 7.94. The van der Waals surface area contributed by atoms with Gasteiger partial charge >= 0.3 is 11.9 Å². The third-order valence-electron chi connectivity index (χ3n) is 16.6.